The van der Waals surface area contributed by atoms with Gasteiger partial charge in [0, 0.05) is 24.4 Å². The van der Waals surface area contributed by atoms with Crippen molar-refractivity contribution in [2.75, 3.05) is 20.6 Å². The largest absolute Gasteiger partial charge is 0.392 e. The number of hydrogen-bond donors (Lipinski definition) is 2. The molecule has 1 aromatic carbocycles. The molecule has 1 saturated carbocycles. The Morgan fingerprint density at radius 1 is 1.26 bits per heavy atom. The summed E-state index contributed by atoms with van der Waals surface area (Å²) < 4.78 is 0. The third-order valence-electron chi connectivity index (χ3n) is 6.50. The third-order valence-corrected chi connectivity index (χ3v) is 7.64. The number of hydrogen-bond acceptors (Lipinski definition) is 4. The van der Waals surface area contributed by atoms with Crippen LogP contribution >= 0.6 is 11.8 Å². The van der Waals surface area contributed by atoms with Crippen LogP contribution in [0.15, 0.2) is 35.7 Å². The van der Waals surface area contributed by atoms with Gasteiger partial charge in [-0.15, -0.1) is 11.8 Å². The molecule has 0 radical (unpaired) electrons. The van der Waals surface area contributed by atoms with Gasteiger partial charge < -0.3 is 15.3 Å². The fourth-order valence-electron chi connectivity index (χ4n) is 5.29. The van der Waals surface area contributed by atoms with Crippen LogP contribution < -0.4 is 5.32 Å². The van der Waals surface area contributed by atoms with E-state index in [2.05, 4.69) is 67.0 Å². The maximum absolute atomic E-state index is 12.4. The average molecular weight is 387 g/mol. The molecule has 0 aromatic heterocycles. The summed E-state index contributed by atoms with van der Waals surface area (Å²) in [5, 5.41) is 16.2. The minimum atomic E-state index is -0.342. The number of thioether (sulfide) groups is 1. The number of nitrogens with zero attached hydrogens (tertiary/aromatic N) is 1. The van der Waals surface area contributed by atoms with Crippen LogP contribution in [0.2, 0.25) is 0 Å². The van der Waals surface area contributed by atoms with Crippen LogP contribution in [-0.2, 0) is 4.79 Å². The van der Waals surface area contributed by atoms with Crippen molar-refractivity contribution in [1.82, 2.24) is 10.2 Å². The van der Waals surface area contributed by atoms with Crippen molar-refractivity contribution >= 4 is 17.7 Å². The second kappa shape index (κ2) is 7.61. The van der Waals surface area contributed by atoms with Gasteiger partial charge in [-0.1, -0.05) is 37.3 Å². The number of fused-ring (bicyclic) bond motifs is 3. The van der Waals surface area contributed by atoms with Crippen molar-refractivity contribution in [3.8, 4) is 0 Å². The number of benzene rings is 1. The number of nitrogens with one attached hydrogen (secondary N) is 1. The van der Waals surface area contributed by atoms with E-state index in [1.165, 1.54) is 11.1 Å². The minimum Gasteiger partial charge on any atom is -0.392 e. The molecule has 3 aliphatic rings. The molecule has 146 valence electrons. The molecule has 1 saturated heterocycles. The molecule has 7 unspecified atom stereocenters. The Labute approximate surface area is 166 Å². The van der Waals surface area contributed by atoms with Gasteiger partial charge in [-0.2, -0.15) is 0 Å². The first-order chi connectivity index (χ1) is 13.0. The Morgan fingerprint density at radius 3 is 2.70 bits per heavy atom. The molecule has 5 heteroatoms. The lowest BCUT2D eigenvalue weighted by Gasteiger charge is -2.48. The second-order valence-corrected chi connectivity index (χ2v) is 9.71. The van der Waals surface area contributed by atoms with E-state index < -0.39 is 0 Å². The summed E-state index contributed by atoms with van der Waals surface area (Å²) in [6.45, 7) is 3.27. The summed E-state index contributed by atoms with van der Waals surface area (Å²) in [4.78, 5) is 14.6. The molecular formula is C22H30N2O2S. The first kappa shape index (κ1) is 19.0. The molecule has 2 fully saturated rings. The maximum Gasteiger partial charge on any atom is 0.234 e. The lowest BCUT2D eigenvalue weighted by Crippen LogP contribution is -2.59. The summed E-state index contributed by atoms with van der Waals surface area (Å²) in [7, 11) is 4.20. The SMILES string of the molecule is CC(CN(C)C)c1ccc(C2C(O)CCC3NC(=O)C4SC=CC4C32)cc1. The molecule has 27 heavy (non-hydrogen) atoms. The van der Waals surface area contributed by atoms with Gasteiger partial charge in [-0.05, 0) is 55.3 Å². The van der Waals surface area contributed by atoms with E-state index in [0.29, 0.717) is 5.92 Å². The number of rotatable bonds is 4. The summed E-state index contributed by atoms with van der Waals surface area (Å²) in [6, 6.07) is 9.02. The molecule has 2 heterocycles. The van der Waals surface area contributed by atoms with Crippen molar-refractivity contribution < 1.29 is 9.90 Å². The molecule has 0 spiro atoms. The Kier molecular flexibility index (Phi) is 5.36. The van der Waals surface area contributed by atoms with Crippen LogP contribution in [-0.4, -0.2) is 53.9 Å². The first-order valence-electron chi connectivity index (χ1n) is 10.0. The summed E-state index contributed by atoms with van der Waals surface area (Å²) in [5.74, 6) is 1.22. The lowest BCUT2D eigenvalue weighted by molar-refractivity contribution is -0.126. The van der Waals surface area contributed by atoms with Crippen molar-refractivity contribution in [2.24, 2.45) is 11.8 Å². The lowest BCUT2D eigenvalue weighted by atomic mass is 9.63. The summed E-state index contributed by atoms with van der Waals surface area (Å²) >= 11 is 1.62. The van der Waals surface area contributed by atoms with E-state index in [9.17, 15) is 9.90 Å². The van der Waals surface area contributed by atoms with E-state index in [4.69, 9.17) is 0 Å². The van der Waals surface area contributed by atoms with Gasteiger partial charge in [0.05, 0.1) is 11.4 Å². The first-order valence-corrected chi connectivity index (χ1v) is 10.9. The molecule has 1 aliphatic carbocycles. The van der Waals surface area contributed by atoms with Gasteiger partial charge >= 0.3 is 0 Å². The predicted octanol–water partition coefficient (Wildman–Crippen LogP) is 2.95. The zero-order valence-electron chi connectivity index (χ0n) is 16.3. The second-order valence-electron chi connectivity index (χ2n) is 8.66. The highest BCUT2D eigenvalue weighted by molar-refractivity contribution is 8.03. The zero-order chi connectivity index (χ0) is 19.1. The molecule has 1 amide bonds. The van der Waals surface area contributed by atoms with Crippen LogP contribution in [0.3, 0.4) is 0 Å². The molecule has 7 atom stereocenters. The van der Waals surface area contributed by atoms with Gasteiger partial charge in [-0.3, -0.25) is 4.79 Å². The van der Waals surface area contributed by atoms with Crippen molar-refractivity contribution in [3.63, 3.8) is 0 Å². The van der Waals surface area contributed by atoms with Crippen molar-refractivity contribution in [1.29, 1.82) is 0 Å². The monoisotopic (exact) mass is 386 g/mol. The van der Waals surface area contributed by atoms with Gasteiger partial charge in [0.15, 0.2) is 0 Å². The minimum absolute atomic E-state index is 0.0292. The van der Waals surface area contributed by atoms with Crippen LogP contribution in [0.1, 0.15) is 42.7 Å². The van der Waals surface area contributed by atoms with Crippen LogP contribution in [0.4, 0.5) is 0 Å². The number of amides is 1. The molecule has 2 aliphatic heterocycles. The van der Waals surface area contributed by atoms with Gasteiger partial charge in [0.1, 0.15) is 0 Å². The zero-order valence-corrected chi connectivity index (χ0v) is 17.2. The Bertz CT molecular complexity index is 718. The quantitative estimate of drug-likeness (QED) is 0.835. The number of piperidine rings is 1. The molecule has 4 nitrogen and oxygen atoms in total. The van der Waals surface area contributed by atoms with E-state index >= 15 is 0 Å². The smallest absolute Gasteiger partial charge is 0.234 e. The predicted molar refractivity (Wildman–Crippen MR) is 111 cm³/mol. The highest BCUT2D eigenvalue weighted by Crippen LogP contribution is 2.50. The number of allylic oxidation sites excluding steroid dienone is 1. The number of carbonyl (C=O) groups is 1. The highest BCUT2D eigenvalue weighted by Gasteiger charge is 2.51. The van der Waals surface area contributed by atoms with Crippen molar-refractivity contribution in [2.45, 2.75) is 49.0 Å². The molecule has 1 aromatic rings. The van der Waals surface area contributed by atoms with Gasteiger partial charge in [-0.25, -0.2) is 0 Å². The number of carbonyl (C=O) groups excluding carboxylic acids is 1. The Balaban J connectivity index is 1.61. The number of aliphatic hydroxyl groups is 1. The third kappa shape index (κ3) is 3.57. The molecular weight excluding hydrogens is 356 g/mol. The fraction of sp³-hybridized carbons (Fsp3) is 0.591. The standard InChI is InChI=1S/C22H30N2O2S/c1-13(12-24(2)3)14-4-6-15(7-5-14)19-18(25)9-8-17-20(19)16-10-11-27-21(16)22(26)23-17/h4-7,10-11,13,16-21,25H,8-9,12H2,1-3H3,(H,23,26). The normalized spacial score (nSPS) is 36.3. The average Bonchev–Trinajstić information content (AvgIpc) is 3.12. The van der Waals surface area contributed by atoms with E-state index in [1.54, 1.807) is 11.8 Å². The molecule has 4 rings (SSSR count). The van der Waals surface area contributed by atoms with Gasteiger partial charge in [0.2, 0.25) is 5.91 Å². The van der Waals surface area contributed by atoms with E-state index in [0.717, 1.165) is 19.4 Å². The molecule has 2 N–H and O–H groups in total. The highest BCUT2D eigenvalue weighted by atomic mass is 32.2. The maximum atomic E-state index is 12.4. The Morgan fingerprint density at radius 2 is 2.00 bits per heavy atom. The van der Waals surface area contributed by atoms with Gasteiger partial charge in [0.25, 0.3) is 0 Å². The molecule has 0 bridgehead atoms. The topological polar surface area (TPSA) is 52.6 Å². The van der Waals surface area contributed by atoms with E-state index in [1.807, 2.05) is 0 Å². The van der Waals surface area contributed by atoms with E-state index in [-0.39, 0.29) is 41.1 Å². The summed E-state index contributed by atoms with van der Waals surface area (Å²) in [5.41, 5.74) is 2.54. The van der Waals surface area contributed by atoms with Crippen LogP contribution in [0.25, 0.3) is 0 Å². The van der Waals surface area contributed by atoms with Crippen molar-refractivity contribution in [3.05, 3.63) is 46.9 Å². The summed E-state index contributed by atoms with van der Waals surface area (Å²) in [6.07, 6.45) is 3.47. The number of likely N-dealkylation sites (N-methyl/N-ethyl adjacent to an activating group) is 1. The number of aliphatic hydroxyl groups excluding tert-OH is 1. The Hall–Kier alpha value is -1.30. The van der Waals surface area contributed by atoms with Crippen LogP contribution in [0, 0.1) is 11.8 Å². The fourth-order valence-corrected chi connectivity index (χ4v) is 6.38. The van der Waals surface area contributed by atoms with Crippen LogP contribution in [0.5, 0.6) is 0 Å².